The fourth-order valence-corrected chi connectivity index (χ4v) is 3.32. The van der Waals surface area contributed by atoms with Crippen LogP contribution in [0.1, 0.15) is 32.6 Å². The van der Waals surface area contributed by atoms with Crippen LogP contribution in [0.4, 0.5) is 5.69 Å². The van der Waals surface area contributed by atoms with E-state index in [1.807, 2.05) is 44.2 Å². The summed E-state index contributed by atoms with van der Waals surface area (Å²) < 4.78 is 1.43. The van der Waals surface area contributed by atoms with Crippen LogP contribution in [0.15, 0.2) is 53.3 Å². The molecule has 0 radical (unpaired) electrons. The van der Waals surface area contributed by atoms with Crippen LogP contribution in [0.5, 0.6) is 5.75 Å². The van der Waals surface area contributed by atoms with Gasteiger partial charge in [-0.15, -0.1) is 0 Å². The van der Waals surface area contributed by atoms with Crippen LogP contribution < -0.4 is 10.5 Å². The number of fused-ring (bicyclic) bond motifs is 1. The number of carbonyl (C=O) groups is 1. The number of carbonyl (C=O) groups excluding carboxylic acids is 1. The van der Waals surface area contributed by atoms with Crippen molar-refractivity contribution in [2.45, 2.75) is 20.3 Å². The fraction of sp³-hybridized carbons (Fsp3) is 0.238. The van der Waals surface area contributed by atoms with E-state index in [-0.39, 0.29) is 51.9 Å². The Labute approximate surface area is 191 Å². The van der Waals surface area contributed by atoms with Gasteiger partial charge in [-0.25, -0.2) is 0 Å². The molecule has 0 saturated carbocycles. The Kier molecular flexibility index (Phi) is 7.09. The van der Waals surface area contributed by atoms with E-state index in [1.165, 1.54) is 9.47 Å². The van der Waals surface area contributed by atoms with Crippen LogP contribution in [-0.2, 0) is 13.5 Å². The number of anilines is 1. The minimum Gasteiger partial charge on any atom is -1.00 e. The predicted octanol–water partition coefficient (Wildman–Crippen LogP) is 3.32. The number of nitrogens with zero attached hydrogens (tertiary/aromatic N) is 2. The SMILES string of the molecule is CCc1cccc2c1c(O)c(C(=O)N(CC)c1ccccc1)c(=O)n2C.[Ca+2].[H-].[H-]. The maximum absolute atomic E-state index is 13.2. The maximum atomic E-state index is 13.2. The smallest absolute Gasteiger partial charge is 1.00 e. The summed E-state index contributed by atoms with van der Waals surface area (Å²) >= 11 is 0. The van der Waals surface area contributed by atoms with Gasteiger partial charge in [-0.3, -0.25) is 9.59 Å². The molecule has 0 saturated heterocycles. The van der Waals surface area contributed by atoms with Crippen molar-refractivity contribution in [3.8, 4) is 5.75 Å². The van der Waals surface area contributed by atoms with Gasteiger partial charge in [-0.05, 0) is 37.1 Å². The average molecular weight is 393 g/mol. The van der Waals surface area contributed by atoms with Gasteiger partial charge < -0.3 is 17.4 Å². The number of para-hydroxylation sites is 1. The molecule has 1 N–H and O–H groups in total. The van der Waals surface area contributed by atoms with E-state index in [2.05, 4.69) is 0 Å². The average Bonchev–Trinajstić information content (AvgIpc) is 2.67. The molecule has 0 spiro atoms. The fourth-order valence-electron chi connectivity index (χ4n) is 3.32. The molecule has 138 valence electrons. The molecule has 0 atom stereocenters. The first-order valence-corrected chi connectivity index (χ1v) is 8.71. The molecule has 0 bridgehead atoms. The zero-order valence-electron chi connectivity index (χ0n) is 17.9. The van der Waals surface area contributed by atoms with Crippen molar-refractivity contribution in [2.24, 2.45) is 7.05 Å². The molecule has 3 aromatic rings. The van der Waals surface area contributed by atoms with Gasteiger partial charge in [0.15, 0.2) is 0 Å². The van der Waals surface area contributed by atoms with Crippen molar-refractivity contribution in [3.63, 3.8) is 0 Å². The van der Waals surface area contributed by atoms with Crippen molar-refractivity contribution in [1.29, 1.82) is 0 Å². The first-order chi connectivity index (χ1) is 12.5. The third-order valence-corrected chi connectivity index (χ3v) is 4.71. The molecular weight excluding hydrogens is 368 g/mol. The number of benzene rings is 2. The standard InChI is InChI=1S/C21H22N2O3.Ca.2H/c1-4-14-10-9-13-16-17(14)19(24)18(20(25)22(16)3)21(26)23(5-2)15-11-7-6-8-12-15;;;/h6-13,24H,4-5H2,1-3H3;;;/q;+2;2*-1. The maximum Gasteiger partial charge on any atom is 2.00 e. The topological polar surface area (TPSA) is 62.5 Å². The van der Waals surface area contributed by atoms with Crippen molar-refractivity contribution in [1.82, 2.24) is 4.57 Å². The van der Waals surface area contributed by atoms with Crippen LogP contribution >= 0.6 is 0 Å². The summed E-state index contributed by atoms with van der Waals surface area (Å²) in [4.78, 5) is 27.5. The van der Waals surface area contributed by atoms with Gasteiger partial charge in [0, 0.05) is 24.7 Å². The Hall–Kier alpha value is -1.82. The molecule has 5 nitrogen and oxygen atoms in total. The Bertz CT molecular complexity index is 1040. The van der Waals surface area contributed by atoms with Crippen LogP contribution in [0.25, 0.3) is 10.9 Å². The van der Waals surface area contributed by atoms with Crippen molar-refractivity contribution < 1.29 is 12.8 Å². The third-order valence-electron chi connectivity index (χ3n) is 4.71. The summed E-state index contributed by atoms with van der Waals surface area (Å²) in [6.45, 7) is 4.20. The Balaban J connectivity index is 0.00000261. The van der Waals surface area contributed by atoms with E-state index in [4.69, 9.17) is 0 Å². The van der Waals surface area contributed by atoms with Crippen LogP contribution in [0, 0.1) is 0 Å². The zero-order valence-corrected chi connectivity index (χ0v) is 18.1. The molecule has 1 aromatic heterocycles. The summed E-state index contributed by atoms with van der Waals surface area (Å²) in [5, 5.41) is 11.4. The number of aromatic nitrogens is 1. The zero-order chi connectivity index (χ0) is 18.8. The van der Waals surface area contributed by atoms with E-state index in [0.29, 0.717) is 29.6 Å². The molecule has 2 aromatic carbocycles. The molecule has 0 unspecified atom stereocenters. The first kappa shape index (κ1) is 21.5. The summed E-state index contributed by atoms with van der Waals surface area (Å²) in [7, 11) is 1.62. The van der Waals surface area contributed by atoms with Crippen LogP contribution in [0.2, 0.25) is 0 Å². The van der Waals surface area contributed by atoms with Gasteiger partial charge >= 0.3 is 37.7 Å². The number of amides is 1. The minimum atomic E-state index is -0.498. The van der Waals surface area contributed by atoms with E-state index < -0.39 is 11.5 Å². The molecule has 0 fully saturated rings. The second kappa shape index (κ2) is 8.91. The Morgan fingerprint density at radius 1 is 1.11 bits per heavy atom. The van der Waals surface area contributed by atoms with Gasteiger partial charge in [0.1, 0.15) is 11.3 Å². The molecule has 6 heteroatoms. The number of rotatable bonds is 4. The number of aryl methyl sites for hydroxylation is 2. The van der Waals surface area contributed by atoms with Gasteiger partial charge in [0.2, 0.25) is 0 Å². The van der Waals surface area contributed by atoms with E-state index in [1.54, 1.807) is 25.2 Å². The monoisotopic (exact) mass is 392 g/mol. The van der Waals surface area contributed by atoms with Gasteiger partial charge in [0.05, 0.1) is 5.52 Å². The van der Waals surface area contributed by atoms with Gasteiger partial charge in [0.25, 0.3) is 11.5 Å². The molecule has 0 aliphatic heterocycles. The number of aromatic hydroxyl groups is 1. The van der Waals surface area contributed by atoms with Crippen molar-refractivity contribution >= 4 is 60.2 Å². The van der Waals surface area contributed by atoms with Gasteiger partial charge in [-0.2, -0.15) is 0 Å². The Morgan fingerprint density at radius 3 is 2.37 bits per heavy atom. The van der Waals surface area contributed by atoms with Crippen LogP contribution in [0.3, 0.4) is 0 Å². The molecule has 1 amide bonds. The van der Waals surface area contributed by atoms with Gasteiger partial charge in [-0.1, -0.05) is 37.3 Å². The number of pyridine rings is 1. The third kappa shape index (κ3) is 3.77. The molecular formula is C21H24CaN2O3. The van der Waals surface area contributed by atoms with E-state index in [0.717, 1.165) is 5.56 Å². The normalized spacial score (nSPS) is 10.5. The molecule has 1 heterocycles. The summed E-state index contributed by atoms with van der Waals surface area (Å²) in [5.41, 5.74) is 1.51. The van der Waals surface area contributed by atoms with E-state index in [9.17, 15) is 14.7 Å². The largest absolute Gasteiger partial charge is 2.00 e. The molecule has 3 rings (SSSR count). The molecule has 0 aliphatic carbocycles. The quantitative estimate of drug-likeness (QED) is 0.693. The summed E-state index contributed by atoms with van der Waals surface area (Å²) in [6.07, 6.45) is 0.687. The second-order valence-corrected chi connectivity index (χ2v) is 6.14. The molecule has 0 aliphatic rings. The Morgan fingerprint density at radius 2 is 1.78 bits per heavy atom. The summed E-state index contributed by atoms with van der Waals surface area (Å²) in [5.74, 6) is -0.732. The predicted molar refractivity (Wildman–Crippen MR) is 112 cm³/mol. The first-order valence-electron chi connectivity index (χ1n) is 8.71. The number of hydrogen-bond acceptors (Lipinski definition) is 3. The van der Waals surface area contributed by atoms with E-state index >= 15 is 0 Å². The summed E-state index contributed by atoms with van der Waals surface area (Å²) in [6, 6.07) is 14.7. The second-order valence-electron chi connectivity index (χ2n) is 6.14. The van der Waals surface area contributed by atoms with Crippen molar-refractivity contribution in [3.05, 3.63) is 70.0 Å². The van der Waals surface area contributed by atoms with Crippen molar-refractivity contribution in [2.75, 3.05) is 11.4 Å². The minimum absolute atomic E-state index is 0. The van der Waals surface area contributed by atoms with Crippen LogP contribution in [-0.4, -0.2) is 59.9 Å². The molecule has 27 heavy (non-hydrogen) atoms. The number of hydrogen-bond donors (Lipinski definition) is 1.